The summed E-state index contributed by atoms with van der Waals surface area (Å²) in [5, 5.41) is 33.8. The molecule has 3 N–H and O–H groups in total. The van der Waals surface area contributed by atoms with Gasteiger partial charge in [0, 0.05) is 61.4 Å². The minimum Gasteiger partial charge on any atom is -0.494 e. The Kier molecular flexibility index (Phi) is 5.66. The van der Waals surface area contributed by atoms with Crippen LogP contribution in [0.3, 0.4) is 0 Å². The number of hydrogen-bond acceptors (Lipinski definition) is 5. The molecule has 1 saturated heterocycles. The molecule has 1 amide bonds. The Morgan fingerprint density at radius 1 is 0.927 bits per heavy atom. The van der Waals surface area contributed by atoms with Crippen molar-refractivity contribution in [3.63, 3.8) is 0 Å². The number of para-hydroxylation sites is 1. The highest BCUT2D eigenvalue weighted by Gasteiger charge is 2.72. The van der Waals surface area contributed by atoms with Gasteiger partial charge in [0.1, 0.15) is 0 Å². The molecule has 4 fully saturated rings. The predicted octanol–water partition coefficient (Wildman–Crippen LogP) is 4.73. The number of benzene rings is 1. The summed E-state index contributed by atoms with van der Waals surface area (Å²) in [7, 11) is 0. The summed E-state index contributed by atoms with van der Waals surface area (Å²) in [5.41, 5.74) is 1.89. The van der Waals surface area contributed by atoms with Crippen LogP contribution in [-0.2, 0) is 17.8 Å². The molecule has 41 heavy (non-hydrogen) atoms. The van der Waals surface area contributed by atoms with E-state index in [4.69, 9.17) is 0 Å². The first-order valence-electron chi connectivity index (χ1n) is 15.5. The Balaban J connectivity index is 0.934. The summed E-state index contributed by atoms with van der Waals surface area (Å²) in [6.07, 6.45) is 6.10. The number of aromatic hydroxyl groups is 2. The molecule has 1 aromatic heterocycles. The first-order chi connectivity index (χ1) is 19.7. The molecular formula is C32H39F2N3O4. The number of fused-ring (bicyclic) bond motifs is 6. The molecule has 8 rings (SSSR count). The predicted molar refractivity (Wildman–Crippen MR) is 148 cm³/mol. The van der Waals surface area contributed by atoms with Gasteiger partial charge in [-0.05, 0) is 67.9 Å². The maximum atomic E-state index is 14.0. The average Bonchev–Trinajstić information content (AvgIpc) is 3.46. The second-order valence-electron chi connectivity index (χ2n) is 13.8. The highest BCUT2D eigenvalue weighted by Crippen LogP contribution is 2.71. The fraction of sp³-hybridized carbons (Fsp3) is 0.656. The third-order valence-electron chi connectivity index (χ3n) is 11.7. The number of anilines is 1. The molecule has 4 aliphatic carbocycles. The fourth-order valence-electron chi connectivity index (χ4n) is 9.59. The maximum Gasteiger partial charge on any atom is 0.254 e. The van der Waals surface area contributed by atoms with Crippen molar-refractivity contribution in [2.75, 3.05) is 24.5 Å². The lowest BCUT2D eigenvalue weighted by molar-refractivity contribution is -0.118. The van der Waals surface area contributed by atoms with E-state index in [1.807, 2.05) is 23.1 Å². The molecule has 3 heterocycles. The number of alkyl halides is 2. The van der Waals surface area contributed by atoms with Crippen LogP contribution >= 0.6 is 0 Å². The van der Waals surface area contributed by atoms with Crippen molar-refractivity contribution in [2.24, 2.45) is 17.8 Å². The molecule has 4 unspecified atom stereocenters. The zero-order valence-electron chi connectivity index (χ0n) is 23.3. The van der Waals surface area contributed by atoms with E-state index in [9.17, 15) is 28.9 Å². The Bertz CT molecular complexity index is 1400. The van der Waals surface area contributed by atoms with Crippen LogP contribution in [-0.4, -0.2) is 67.9 Å². The molecule has 220 valence electrons. The van der Waals surface area contributed by atoms with Gasteiger partial charge >= 0.3 is 0 Å². The zero-order valence-corrected chi connectivity index (χ0v) is 23.3. The monoisotopic (exact) mass is 567 g/mol. The number of carbonyl (C=O) groups is 1. The lowest BCUT2D eigenvalue weighted by atomic mass is 9.78. The van der Waals surface area contributed by atoms with Crippen molar-refractivity contribution in [3.8, 4) is 11.8 Å². The first kappa shape index (κ1) is 26.0. The van der Waals surface area contributed by atoms with Gasteiger partial charge in [-0.2, -0.15) is 0 Å². The van der Waals surface area contributed by atoms with Crippen LogP contribution in [0, 0.1) is 17.8 Å². The molecule has 6 atom stereocenters. The quantitative estimate of drug-likeness (QED) is 0.470. The second kappa shape index (κ2) is 8.93. The van der Waals surface area contributed by atoms with Crippen LogP contribution in [0.15, 0.2) is 24.3 Å². The molecule has 0 spiro atoms. The van der Waals surface area contributed by atoms with E-state index in [-0.39, 0.29) is 42.5 Å². The number of likely N-dealkylation sites (tertiary alicyclic amines) is 1. The van der Waals surface area contributed by atoms with Gasteiger partial charge < -0.3 is 25.1 Å². The van der Waals surface area contributed by atoms with Crippen molar-refractivity contribution in [2.45, 2.75) is 93.7 Å². The summed E-state index contributed by atoms with van der Waals surface area (Å²) in [6, 6.07) is 8.35. The molecule has 7 nitrogen and oxygen atoms in total. The Morgan fingerprint density at radius 2 is 1.61 bits per heavy atom. The van der Waals surface area contributed by atoms with Crippen LogP contribution in [0.4, 0.5) is 14.5 Å². The van der Waals surface area contributed by atoms with Crippen molar-refractivity contribution in [3.05, 3.63) is 41.0 Å². The Labute approximate surface area is 238 Å². The van der Waals surface area contributed by atoms with E-state index in [0.717, 1.165) is 63.0 Å². The van der Waals surface area contributed by atoms with Gasteiger partial charge in [-0.25, -0.2) is 8.78 Å². The highest BCUT2D eigenvalue weighted by atomic mass is 19.3. The number of amides is 1. The zero-order chi connectivity index (χ0) is 28.3. The number of rotatable bonds is 6. The van der Waals surface area contributed by atoms with Gasteiger partial charge in [-0.3, -0.25) is 9.36 Å². The van der Waals surface area contributed by atoms with Crippen molar-refractivity contribution >= 4 is 11.6 Å². The van der Waals surface area contributed by atoms with Gasteiger partial charge in [0.15, 0.2) is 11.8 Å². The van der Waals surface area contributed by atoms with Gasteiger partial charge in [-0.1, -0.05) is 24.6 Å². The van der Waals surface area contributed by atoms with E-state index in [1.165, 1.54) is 0 Å². The number of carbonyl (C=O) groups excluding carboxylic acids is 1. The van der Waals surface area contributed by atoms with E-state index in [0.29, 0.717) is 42.3 Å². The number of nitrogens with zero attached hydrogens (tertiary/aromatic N) is 3. The second-order valence-corrected chi connectivity index (χ2v) is 13.8. The van der Waals surface area contributed by atoms with Gasteiger partial charge in [-0.15, -0.1) is 0 Å². The minimum atomic E-state index is -2.83. The van der Waals surface area contributed by atoms with E-state index in [2.05, 4.69) is 11.0 Å². The minimum absolute atomic E-state index is 0.0332. The molecule has 6 aliphatic rings. The third kappa shape index (κ3) is 3.83. The van der Waals surface area contributed by atoms with Crippen LogP contribution in [0.1, 0.15) is 79.9 Å². The van der Waals surface area contributed by atoms with Crippen LogP contribution in [0.25, 0.3) is 0 Å². The standard InChI is InChI=1S/C32H39F2N3O4/c33-32(34)15-25(32)31(41)14-21-12-23(31)28-27(21)29(39)36(30(28)40)17-20-6-3-5-19(20)16-35-10-8-22(9-11-35)37-24-7-2-1-4-18(24)13-26(37)38/h1-2,4,7,19-23,25,39-41H,3,5-6,8-17H2/t19-,20-,21?,23?,25?,31?/m1/s1. The summed E-state index contributed by atoms with van der Waals surface area (Å²) in [4.78, 5) is 17.3. The number of halogens is 2. The Hall–Kier alpha value is -2.65. The van der Waals surface area contributed by atoms with Crippen LogP contribution < -0.4 is 4.90 Å². The Morgan fingerprint density at radius 3 is 2.34 bits per heavy atom. The lowest BCUT2D eigenvalue weighted by Gasteiger charge is -2.38. The first-order valence-corrected chi connectivity index (χ1v) is 15.5. The topological polar surface area (TPSA) is 89.2 Å². The molecule has 3 saturated carbocycles. The lowest BCUT2D eigenvalue weighted by Crippen LogP contribution is -2.47. The van der Waals surface area contributed by atoms with Crippen LogP contribution in [0.2, 0.25) is 0 Å². The van der Waals surface area contributed by atoms with Gasteiger partial charge in [0.05, 0.1) is 17.9 Å². The SMILES string of the molecule is O=C1Cc2ccccc2N1C1CCN(C[C@H]2CCC[C@@H]2Cn2c(O)c3c(c2O)C2CC3CC2(O)C2CC2(F)F)CC1. The maximum absolute atomic E-state index is 14.0. The summed E-state index contributed by atoms with van der Waals surface area (Å²) < 4.78 is 29.5. The van der Waals surface area contributed by atoms with E-state index >= 15 is 0 Å². The summed E-state index contributed by atoms with van der Waals surface area (Å²) in [6.45, 7) is 3.36. The largest absolute Gasteiger partial charge is 0.494 e. The molecule has 2 aliphatic heterocycles. The summed E-state index contributed by atoms with van der Waals surface area (Å²) >= 11 is 0. The van der Waals surface area contributed by atoms with Crippen LogP contribution in [0.5, 0.6) is 11.8 Å². The van der Waals surface area contributed by atoms with E-state index < -0.39 is 23.4 Å². The smallest absolute Gasteiger partial charge is 0.254 e. The number of aromatic nitrogens is 1. The van der Waals surface area contributed by atoms with Crippen molar-refractivity contribution in [1.29, 1.82) is 0 Å². The summed E-state index contributed by atoms with van der Waals surface area (Å²) in [5.74, 6) is -3.63. The van der Waals surface area contributed by atoms with Gasteiger partial charge in [0.2, 0.25) is 5.91 Å². The highest BCUT2D eigenvalue weighted by molar-refractivity contribution is 6.01. The number of piperidine rings is 1. The molecule has 2 aromatic rings. The average molecular weight is 568 g/mol. The van der Waals surface area contributed by atoms with Gasteiger partial charge in [0.25, 0.3) is 5.92 Å². The molecule has 1 aromatic carbocycles. The third-order valence-corrected chi connectivity index (χ3v) is 11.7. The van der Waals surface area contributed by atoms with Crippen molar-refractivity contribution < 1.29 is 28.9 Å². The molecule has 0 radical (unpaired) electrons. The molecule has 2 bridgehead atoms. The van der Waals surface area contributed by atoms with Crippen molar-refractivity contribution in [1.82, 2.24) is 9.47 Å². The molecular weight excluding hydrogens is 528 g/mol. The number of aliphatic hydroxyl groups is 1. The fourth-order valence-corrected chi connectivity index (χ4v) is 9.59. The van der Waals surface area contributed by atoms with E-state index in [1.54, 1.807) is 4.57 Å². The normalized spacial score (nSPS) is 35.8. The number of hydrogen-bond donors (Lipinski definition) is 3. The molecule has 9 heteroatoms.